The van der Waals surface area contributed by atoms with Crippen LogP contribution in [0.15, 0.2) is 11.2 Å². The molecule has 0 radical (unpaired) electrons. The second-order valence-electron chi connectivity index (χ2n) is 5.16. The fourth-order valence-electron chi connectivity index (χ4n) is 2.03. The van der Waals surface area contributed by atoms with Crippen LogP contribution in [0.3, 0.4) is 0 Å². The molecule has 1 aromatic heterocycles. The number of aromatic amines is 1. The molecule has 0 spiro atoms. The van der Waals surface area contributed by atoms with Crippen molar-refractivity contribution < 1.29 is 8.42 Å². The van der Waals surface area contributed by atoms with Crippen molar-refractivity contribution in [1.82, 2.24) is 19.6 Å². The third-order valence-electron chi connectivity index (χ3n) is 2.96. The molecule has 19 heavy (non-hydrogen) atoms. The lowest BCUT2D eigenvalue weighted by atomic mass is 10.2. The van der Waals surface area contributed by atoms with Gasteiger partial charge in [0.25, 0.3) is 10.0 Å². The zero-order valence-electron chi connectivity index (χ0n) is 12.3. The number of aromatic nitrogens is 2. The number of H-pyrrole nitrogens is 1. The molecule has 110 valence electrons. The summed E-state index contributed by atoms with van der Waals surface area (Å²) in [5, 5.41) is 0.116. The molecule has 0 amide bonds. The van der Waals surface area contributed by atoms with E-state index in [0.717, 1.165) is 0 Å². The molecule has 0 aliphatic heterocycles. The SMILES string of the molecule is Cc1ncc(S(=O)(=O)NCCN(C(C)C)C(C)C)[nH]1. The molecule has 0 unspecified atom stereocenters. The largest absolute Gasteiger partial charge is 0.332 e. The van der Waals surface area contributed by atoms with Gasteiger partial charge in [-0.1, -0.05) is 0 Å². The second kappa shape index (κ2) is 6.49. The standard InChI is InChI=1S/C12H24N4O2S/c1-9(2)16(10(3)4)7-6-14-19(17,18)12-8-13-11(5)15-12/h8-10,14H,6-7H2,1-5H3,(H,13,15). The first-order valence-corrected chi connectivity index (χ1v) is 7.99. The van der Waals surface area contributed by atoms with E-state index in [1.54, 1.807) is 6.92 Å². The lowest BCUT2D eigenvalue weighted by Crippen LogP contribution is -2.42. The van der Waals surface area contributed by atoms with E-state index in [2.05, 4.69) is 47.3 Å². The van der Waals surface area contributed by atoms with E-state index >= 15 is 0 Å². The number of aryl methyl sites for hydroxylation is 1. The van der Waals surface area contributed by atoms with Gasteiger partial charge in [0, 0.05) is 25.2 Å². The van der Waals surface area contributed by atoms with Crippen LogP contribution in [0.25, 0.3) is 0 Å². The van der Waals surface area contributed by atoms with Gasteiger partial charge in [-0.05, 0) is 34.6 Å². The van der Waals surface area contributed by atoms with Gasteiger partial charge in [-0.2, -0.15) is 0 Å². The molecule has 1 heterocycles. The Balaban J connectivity index is 2.57. The lowest BCUT2D eigenvalue weighted by Gasteiger charge is -2.30. The predicted octanol–water partition coefficient (Wildman–Crippen LogP) is 1.12. The lowest BCUT2D eigenvalue weighted by molar-refractivity contribution is 0.179. The van der Waals surface area contributed by atoms with Gasteiger partial charge in [-0.25, -0.2) is 18.1 Å². The Labute approximate surface area is 115 Å². The fourth-order valence-corrected chi connectivity index (χ4v) is 3.02. The molecule has 7 heteroatoms. The number of nitrogens with zero attached hydrogens (tertiary/aromatic N) is 2. The van der Waals surface area contributed by atoms with Crippen molar-refractivity contribution in [2.75, 3.05) is 13.1 Å². The van der Waals surface area contributed by atoms with Gasteiger partial charge in [0.05, 0.1) is 6.20 Å². The molecule has 0 fully saturated rings. The highest BCUT2D eigenvalue weighted by molar-refractivity contribution is 7.89. The van der Waals surface area contributed by atoms with Gasteiger partial charge in [0.1, 0.15) is 5.82 Å². The monoisotopic (exact) mass is 288 g/mol. The molecular weight excluding hydrogens is 264 g/mol. The first kappa shape index (κ1) is 16.1. The second-order valence-corrected chi connectivity index (χ2v) is 6.89. The third kappa shape index (κ3) is 4.59. The average molecular weight is 288 g/mol. The Bertz CT molecular complexity index is 486. The normalized spacial score (nSPS) is 12.8. The summed E-state index contributed by atoms with van der Waals surface area (Å²) in [5.41, 5.74) is 0. The summed E-state index contributed by atoms with van der Waals surface area (Å²) in [5.74, 6) is 0.589. The van der Waals surface area contributed by atoms with Crippen LogP contribution in [0.5, 0.6) is 0 Å². The number of rotatable bonds is 7. The highest BCUT2D eigenvalue weighted by atomic mass is 32.2. The molecule has 0 aromatic carbocycles. The van der Waals surface area contributed by atoms with E-state index in [0.29, 0.717) is 31.0 Å². The molecule has 0 aliphatic carbocycles. The van der Waals surface area contributed by atoms with Crippen molar-refractivity contribution in [3.8, 4) is 0 Å². The molecule has 0 saturated heterocycles. The van der Waals surface area contributed by atoms with E-state index in [1.165, 1.54) is 6.20 Å². The summed E-state index contributed by atoms with van der Waals surface area (Å²) in [6.07, 6.45) is 1.33. The van der Waals surface area contributed by atoms with Crippen molar-refractivity contribution in [3.63, 3.8) is 0 Å². The summed E-state index contributed by atoms with van der Waals surface area (Å²) < 4.78 is 26.5. The van der Waals surface area contributed by atoms with Crippen LogP contribution < -0.4 is 4.72 Å². The van der Waals surface area contributed by atoms with E-state index in [1.807, 2.05) is 0 Å². The van der Waals surface area contributed by atoms with Gasteiger partial charge >= 0.3 is 0 Å². The van der Waals surface area contributed by atoms with Crippen LogP contribution in [0.4, 0.5) is 0 Å². The van der Waals surface area contributed by atoms with Crippen LogP contribution in [-0.2, 0) is 10.0 Å². The third-order valence-corrected chi connectivity index (χ3v) is 4.33. The zero-order valence-corrected chi connectivity index (χ0v) is 13.1. The van der Waals surface area contributed by atoms with Crippen LogP contribution in [0, 0.1) is 6.92 Å². The summed E-state index contributed by atoms with van der Waals surface area (Å²) in [7, 11) is -3.48. The smallest absolute Gasteiger partial charge is 0.257 e. The zero-order chi connectivity index (χ0) is 14.6. The van der Waals surface area contributed by atoms with Crippen LogP contribution in [-0.4, -0.2) is 48.5 Å². The summed E-state index contributed by atoms with van der Waals surface area (Å²) in [6, 6.07) is 0.776. The maximum Gasteiger partial charge on any atom is 0.257 e. The van der Waals surface area contributed by atoms with Crippen LogP contribution in [0.1, 0.15) is 33.5 Å². The topological polar surface area (TPSA) is 78.1 Å². The predicted molar refractivity (Wildman–Crippen MR) is 75.5 cm³/mol. The van der Waals surface area contributed by atoms with E-state index < -0.39 is 10.0 Å². The summed E-state index contributed by atoms with van der Waals surface area (Å²) in [6.45, 7) is 11.2. The molecule has 0 bridgehead atoms. The maximum atomic E-state index is 12.0. The number of hydrogen-bond acceptors (Lipinski definition) is 4. The minimum absolute atomic E-state index is 0.116. The Kier molecular flexibility index (Phi) is 5.51. The van der Waals surface area contributed by atoms with Gasteiger partial charge < -0.3 is 4.98 Å². The van der Waals surface area contributed by atoms with Crippen molar-refractivity contribution in [3.05, 3.63) is 12.0 Å². The van der Waals surface area contributed by atoms with Crippen molar-refractivity contribution in [2.45, 2.75) is 51.7 Å². The number of nitrogens with one attached hydrogen (secondary N) is 2. The number of imidazole rings is 1. The highest BCUT2D eigenvalue weighted by Gasteiger charge is 2.18. The molecule has 0 atom stereocenters. The number of sulfonamides is 1. The quantitative estimate of drug-likeness (QED) is 0.788. The highest BCUT2D eigenvalue weighted by Crippen LogP contribution is 2.06. The van der Waals surface area contributed by atoms with E-state index in [9.17, 15) is 8.42 Å². The average Bonchev–Trinajstić information content (AvgIpc) is 2.71. The first-order valence-electron chi connectivity index (χ1n) is 6.51. The number of hydrogen-bond donors (Lipinski definition) is 2. The summed E-state index contributed by atoms with van der Waals surface area (Å²) >= 11 is 0. The van der Waals surface area contributed by atoms with Gasteiger partial charge in [0.2, 0.25) is 0 Å². The fraction of sp³-hybridized carbons (Fsp3) is 0.750. The minimum Gasteiger partial charge on any atom is -0.332 e. The Morgan fingerprint density at radius 1 is 1.32 bits per heavy atom. The Hall–Kier alpha value is -0.920. The molecule has 6 nitrogen and oxygen atoms in total. The molecule has 1 rings (SSSR count). The van der Waals surface area contributed by atoms with E-state index in [-0.39, 0.29) is 5.03 Å². The van der Waals surface area contributed by atoms with Crippen molar-refractivity contribution in [1.29, 1.82) is 0 Å². The Morgan fingerprint density at radius 2 is 1.89 bits per heavy atom. The first-order chi connectivity index (χ1) is 8.74. The molecular formula is C12H24N4O2S. The summed E-state index contributed by atoms with van der Waals surface area (Å²) in [4.78, 5) is 8.86. The molecule has 2 N–H and O–H groups in total. The maximum absolute atomic E-state index is 12.0. The van der Waals surface area contributed by atoms with Crippen LogP contribution >= 0.6 is 0 Å². The molecule has 0 aliphatic rings. The van der Waals surface area contributed by atoms with Gasteiger partial charge in [-0.3, -0.25) is 4.90 Å². The minimum atomic E-state index is -3.48. The van der Waals surface area contributed by atoms with Crippen molar-refractivity contribution >= 4 is 10.0 Å². The van der Waals surface area contributed by atoms with Crippen LogP contribution in [0.2, 0.25) is 0 Å². The van der Waals surface area contributed by atoms with Gasteiger partial charge in [0.15, 0.2) is 5.03 Å². The van der Waals surface area contributed by atoms with Gasteiger partial charge in [-0.15, -0.1) is 0 Å². The van der Waals surface area contributed by atoms with E-state index in [4.69, 9.17) is 0 Å². The molecule has 1 aromatic rings. The molecule has 0 saturated carbocycles. The Morgan fingerprint density at radius 3 is 2.32 bits per heavy atom. The van der Waals surface area contributed by atoms with Crippen molar-refractivity contribution in [2.24, 2.45) is 0 Å².